The van der Waals surface area contributed by atoms with E-state index < -0.39 is 5.41 Å². The second-order valence-corrected chi connectivity index (χ2v) is 7.61. The summed E-state index contributed by atoms with van der Waals surface area (Å²) in [6.07, 6.45) is 3.45. The van der Waals surface area contributed by atoms with Crippen molar-refractivity contribution in [2.24, 2.45) is 11.3 Å². The van der Waals surface area contributed by atoms with E-state index in [1.807, 2.05) is 24.0 Å². The Morgan fingerprint density at radius 3 is 2.44 bits per heavy atom. The van der Waals surface area contributed by atoms with Crippen molar-refractivity contribution in [3.8, 4) is 0 Å². The fraction of sp³-hybridized carbons (Fsp3) is 0.619. The van der Waals surface area contributed by atoms with Crippen molar-refractivity contribution in [2.45, 2.75) is 59.9 Å². The van der Waals surface area contributed by atoms with E-state index in [0.29, 0.717) is 13.1 Å². The Hall–Kier alpha value is -1.84. The van der Waals surface area contributed by atoms with Gasteiger partial charge >= 0.3 is 0 Å². The van der Waals surface area contributed by atoms with Crippen LogP contribution in [0.4, 0.5) is 0 Å². The zero-order valence-corrected chi connectivity index (χ0v) is 16.1. The average molecular weight is 344 g/mol. The molecule has 1 atom stereocenters. The Bertz CT molecular complexity index is 592. The molecule has 4 nitrogen and oxygen atoms in total. The largest absolute Gasteiger partial charge is 0.351 e. The molecule has 1 aromatic carbocycles. The van der Waals surface area contributed by atoms with Crippen LogP contribution >= 0.6 is 0 Å². The summed E-state index contributed by atoms with van der Waals surface area (Å²) < 4.78 is 0. The highest BCUT2D eigenvalue weighted by Crippen LogP contribution is 2.31. The van der Waals surface area contributed by atoms with Gasteiger partial charge in [0, 0.05) is 25.6 Å². The molecule has 1 fully saturated rings. The second kappa shape index (κ2) is 8.50. The van der Waals surface area contributed by atoms with Gasteiger partial charge < -0.3 is 10.2 Å². The van der Waals surface area contributed by atoms with E-state index in [-0.39, 0.29) is 17.7 Å². The number of piperidine rings is 1. The van der Waals surface area contributed by atoms with E-state index in [0.717, 1.165) is 37.8 Å². The van der Waals surface area contributed by atoms with Crippen molar-refractivity contribution < 1.29 is 9.59 Å². The van der Waals surface area contributed by atoms with Gasteiger partial charge in [0.2, 0.25) is 11.8 Å². The van der Waals surface area contributed by atoms with Crippen molar-refractivity contribution >= 4 is 11.8 Å². The quantitative estimate of drug-likeness (QED) is 0.856. The lowest BCUT2D eigenvalue weighted by Gasteiger charge is -2.40. The molecule has 0 saturated carbocycles. The van der Waals surface area contributed by atoms with Crippen molar-refractivity contribution in [1.29, 1.82) is 0 Å². The number of carbonyl (C=O) groups is 2. The number of amides is 2. The van der Waals surface area contributed by atoms with E-state index >= 15 is 0 Å². The minimum Gasteiger partial charge on any atom is -0.351 e. The predicted molar refractivity (Wildman–Crippen MR) is 101 cm³/mol. The van der Waals surface area contributed by atoms with Crippen LogP contribution in [0.3, 0.4) is 0 Å². The van der Waals surface area contributed by atoms with E-state index in [4.69, 9.17) is 0 Å². The molecule has 2 amide bonds. The molecule has 4 heteroatoms. The summed E-state index contributed by atoms with van der Waals surface area (Å²) in [6, 6.07) is 8.20. The molecule has 1 aliphatic rings. The van der Waals surface area contributed by atoms with Gasteiger partial charge in [-0.25, -0.2) is 0 Å². The Labute approximate surface area is 152 Å². The minimum absolute atomic E-state index is 0.0510. The third kappa shape index (κ3) is 4.83. The van der Waals surface area contributed by atoms with Crippen LogP contribution in [0.5, 0.6) is 0 Å². The predicted octanol–water partition coefficient (Wildman–Crippen LogP) is 3.68. The van der Waals surface area contributed by atoms with Crippen LogP contribution in [-0.4, -0.2) is 29.8 Å². The molecular formula is C21H32N2O2. The summed E-state index contributed by atoms with van der Waals surface area (Å²) >= 11 is 0. The highest BCUT2D eigenvalue weighted by atomic mass is 16.2. The third-order valence-electron chi connectivity index (χ3n) is 5.46. The molecule has 1 heterocycles. The topological polar surface area (TPSA) is 49.4 Å². The number of aryl methyl sites for hydroxylation is 1. The van der Waals surface area contributed by atoms with Crippen LogP contribution in [0.1, 0.15) is 57.6 Å². The molecule has 0 aliphatic carbocycles. The second-order valence-electron chi connectivity index (χ2n) is 7.61. The highest BCUT2D eigenvalue weighted by Gasteiger charge is 2.40. The van der Waals surface area contributed by atoms with Gasteiger partial charge in [0.15, 0.2) is 0 Å². The Morgan fingerprint density at radius 2 is 1.84 bits per heavy atom. The monoisotopic (exact) mass is 344 g/mol. The molecule has 1 aliphatic heterocycles. The van der Waals surface area contributed by atoms with Crippen LogP contribution in [0.2, 0.25) is 0 Å². The average Bonchev–Trinajstić information content (AvgIpc) is 2.62. The first-order valence-electron chi connectivity index (χ1n) is 9.52. The Balaban J connectivity index is 1.97. The van der Waals surface area contributed by atoms with Crippen molar-refractivity contribution in [2.75, 3.05) is 13.1 Å². The van der Waals surface area contributed by atoms with E-state index in [2.05, 4.69) is 38.2 Å². The molecular weight excluding hydrogens is 312 g/mol. The summed E-state index contributed by atoms with van der Waals surface area (Å²) in [4.78, 5) is 27.4. The lowest BCUT2D eigenvalue weighted by molar-refractivity contribution is -0.143. The van der Waals surface area contributed by atoms with Crippen molar-refractivity contribution in [3.05, 3.63) is 35.4 Å². The van der Waals surface area contributed by atoms with Crippen molar-refractivity contribution in [1.82, 2.24) is 10.2 Å². The van der Waals surface area contributed by atoms with E-state index in [1.54, 1.807) is 0 Å². The fourth-order valence-electron chi connectivity index (χ4n) is 3.61. The molecule has 0 unspecified atom stereocenters. The first-order valence-corrected chi connectivity index (χ1v) is 9.52. The normalized spacial score (nSPS) is 20.6. The van der Waals surface area contributed by atoms with Crippen LogP contribution in [0.15, 0.2) is 24.3 Å². The number of nitrogens with zero attached hydrogens (tertiary/aromatic N) is 1. The van der Waals surface area contributed by atoms with Crippen molar-refractivity contribution in [3.63, 3.8) is 0 Å². The van der Waals surface area contributed by atoms with E-state index in [1.165, 1.54) is 5.56 Å². The summed E-state index contributed by atoms with van der Waals surface area (Å²) in [5.74, 6) is 0.343. The smallest absolute Gasteiger partial charge is 0.227 e. The third-order valence-corrected chi connectivity index (χ3v) is 5.46. The van der Waals surface area contributed by atoms with Crippen LogP contribution < -0.4 is 5.32 Å². The molecule has 1 saturated heterocycles. The van der Waals surface area contributed by atoms with Gasteiger partial charge in [0.25, 0.3) is 0 Å². The first-order chi connectivity index (χ1) is 11.9. The number of rotatable bonds is 6. The molecule has 25 heavy (non-hydrogen) atoms. The number of nitrogens with one attached hydrogen (secondary N) is 1. The van der Waals surface area contributed by atoms with Gasteiger partial charge in [-0.05, 0) is 45.1 Å². The highest BCUT2D eigenvalue weighted by molar-refractivity contribution is 5.84. The van der Waals surface area contributed by atoms with Crippen LogP contribution in [0, 0.1) is 18.3 Å². The van der Waals surface area contributed by atoms with Gasteiger partial charge in [-0.3, -0.25) is 9.59 Å². The summed E-state index contributed by atoms with van der Waals surface area (Å²) in [5, 5.41) is 3.07. The lowest BCUT2D eigenvalue weighted by Crippen LogP contribution is -2.52. The number of hydrogen-bond donors (Lipinski definition) is 1. The van der Waals surface area contributed by atoms with Gasteiger partial charge in [-0.1, -0.05) is 43.7 Å². The van der Waals surface area contributed by atoms with Gasteiger partial charge in [0.05, 0.1) is 5.41 Å². The maximum absolute atomic E-state index is 12.8. The fourth-order valence-corrected chi connectivity index (χ4v) is 3.61. The van der Waals surface area contributed by atoms with E-state index in [9.17, 15) is 9.59 Å². The summed E-state index contributed by atoms with van der Waals surface area (Å²) in [6.45, 7) is 10.0. The lowest BCUT2D eigenvalue weighted by atomic mass is 9.80. The maximum atomic E-state index is 12.8. The van der Waals surface area contributed by atoms with Gasteiger partial charge in [-0.15, -0.1) is 0 Å². The van der Waals surface area contributed by atoms with Gasteiger partial charge in [-0.2, -0.15) is 0 Å². The summed E-state index contributed by atoms with van der Waals surface area (Å²) in [7, 11) is 0. The molecule has 0 aromatic heterocycles. The molecule has 0 spiro atoms. The molecule has 0 radical (unpaired) electrons. The number of carbonyl (C=O) groups excluding carboxylic acids is 2. The first kappa shape index (κ1) is 19.5. The maximum Gasteiger partial charge on any atom is 0.227 e. The molecule has 1 N–H and O–H groups in total. The number of benzene rings is 1. The molecule has 1 aromatic rings. The molecule has 0 bridgehead atoms. The standard InChI is InChI=1S/C21H32N2O2/c1-5-18(6-2)19(24)23-13-7-12-21(4,15-23)20(25)22-14-17-10-8-16(3)9-11-17/h8-11,18H,5-7,12-15H2,1-4H3,(H,22,25)/t21-/m0/s1. The number of likely N-dealkylation sites (tertiary alicyclic amines) is 1. The Morgan fingerprint density at radius 1 is 1.20 bits per heavy atom. The summed E-state index contributed by atoms with van der Waals surface area (Å²) in [5.41, 5.74) is 1.82. The van der Waals surface area contributed by atoms with Crippen LogP contribution in [-0.2, 0) is 16.1 Å². The van der Waals surface area contributed by atoms with Crippen LogP contribution in [0.25, 0.3) is 0 Å². The van der Waals surface area contributed by atoms with Gasteiger partial charge in [0.1, 0.15) is 0 Å². The SMILES string of the molecule is CCC(CC)C(=O)N1CCC[C@](C)(C(=O)NCc2ccc(C)cc2)C1. The zero-order chi connectivity index (χ0) is 18.4. The molecule has 138 valence electrons. The minimum atomic E-state index is -0.495. The number of hydrogen-bond acceptors (Lipinski definition) is 2. The Kier molecular flexibility index (Phi) is 6.63. The zero-order valence-electron chi connectivity index (χ0n) is 16.1. The molecule has 2 rings (SSSR count).